The lowest BCUT2D eigenvalue weighted by Gasteiger charge is -2.30. The molecule has 0 aliphatic carbocycles. The van der Waals surface area contributed by atoms with Crippen molar-refractivity contribution < 1.29 is 9.90 Å². The molecule has 4 nitrogen and oxygen atoms in total. The van der Waals surface area contributed by atoms with Gasteiger partial charge in [0, 0.05) is 17.5 Å². The molecular weight excluding hydrogens is 296 g/mol. The lowest BCUT2D eigenvalue weighted by Crippen LogP contribution is -2.43. The monoisotopic (exact) mass is 324 g/mol. The zero-order chi connectivity index (χ0) is 15.8. The quantitative estimate of drug-likeness (QED) is 0.811. The van der Waals surface area contributed by atoms with Gasteiger partial charge < -0.3 is 10.4 Å². The van der Waals surface area contributed by atoms with E-state index in [1.54, 1.807) is 11.3 Å². The van der Waals surface area contributed by atoms with Crippen LogP contribution in [0, 0.1) is 0 Å². The third-order valence-corrected chi connectivity index (χ3v) is 5.26. The molecule has 1 aromatic rings. The summed E-state index contributed by atoms with van der Waals surface area (Å²) in [5, 5.41) is 15.4. The van der Waals surface area contributed by atoms with Gasteiger partial charge in [0.1, 0.15) is 0 Å². The number of carbonyl (C=O) groups is 1. The highest BCUT2D eigenvalue weighted by Crippen LogP contribution is 2.28. The smallest absolute Gasteiger partial charge is 0.234 e. The molecule has 0 unspecified atom stereocenters. The van der Waals surface area contributed by atoms with Gasteiger partial charge in [-0.1, -0.05) is 25.8 Å². The Labute approximate surface area is 137 Å². The normalized spacial score (nSPS) is 21.3. The van der Waals surface area contributed by atoms with Gasteiger partial charge in [0.05, 0.1) is 12.6 Å². The van der Waals surface area contributed by atoms with E-state index in [2.05, 4.69) is 17.1 Å². The van der Waals surface area contributed by atoms with Crippen LogP contribution in [0.15, 0.2) is 17.5 Å². The Morgan fingerprint density at radius 1 is 1.50 bits per heavy atom. The molecule has 2 rings (SSSR count). The molecule has 0 aromatic carbocycles. The fourth-order valence-electron chi connectivity index (χ4n) is 3.07. The summed E-state index contributed by atoms with van der Waals surface area (Å²) in [5.74, 6) is 0.111. The van der Waals surface area contributed by atoms with Gasteiger partial charge in [-0.25, -0.2) is 0 Å². The van der Waals surface area contributed by atoms with Gasteiger partial charge in [0.15, 0.2) is 0 Å². The maximum Gasteiger partial charge on any atom is 0.234 e. The summed E-state index contributed by atoms with van der Waals surface area (Å²) < 4.78 is 0. The van der Waals surface area contributed by atoms with Crippen molar-refractivity contribution in [2.75, 3.05) is 19.6 Å². The van der Waals surface area contributed by atoms with E-state index in [1.165, 1.54) is 12.8 Å². The first-order chi connectivity index (χ1) is 10.7. The first-order valence-corrected chi connectivity index (χ1v) is 9.31. The molecule has 22 heavy (non-hydrogen) atoms. The molecule has 124 valence electrons. The lowest BCUT2D eigenvalue weighted by molar-refractivity contribution is -0.123. The largest absolute Gasteiger partial charge is 0.388 e. The zero-order valence-electron chi connectivity index (χ0n) is 13.5. The van der Waals surface area contributed by atoms with E-state index in [4.69, 9.17) is 0 Å². The highest BCUT2D eigenvalue weighted by Gasteiger charge is 2.26. The van der Waals surface area contributed by atoms with Crippen molar-refractivity contribution in [3.63, 3.8) is 0 Å². The van der Waals surface area contributed by atoms with Gasteiger partial charge in [0.2, 0.25) is 5.91 Å². The van der Waals surface area contributed by atoms with Crippen LogP contribution in [-0.2, 0) is 4.79 Å². The maximum atomic E-state index is 12.0. The number of aliphatic hydroxyl groups is 1. The van der Waals surface area contributed by atoms with Gasteiger partial charge in [-0.05, 0) is 43.7 Å². The SMILES string of the molecule is CCCNC(=O)CN1CCCCC[C@@H]1C[C@@H](O)c1cccs1. The maximum absolute atomic E-state index is 12.0. The van der Waals surface area contributed by atoms with Crippen molar-refractivity contribution in [3.8, 4) is 0 Å². The zero-order valence-corrected chi connectivity index (χ0v) is 14.3. The molecule has 0 bridgehead atoms. The number of hydrogen-bond donors (Lipinski definition) is 2. The number of thiophene rings is 1. The van der Waals surface area contributed by atoms with Gasteiger partial charge >= 0.3 is 0 Å². The molecule has 2 heterocycles. The lowest BCUT2D eigenvalue weighted by atomic mass is 10.0. The molecule has 1 aliphatic heterocycles. The summed E-state index contributed by atoms with van der Waals surface area (Å²) >= 11 is 1.60. The molecule has 0 spiro atoms. The number of aliphatic hydroxyl groups excluding tert-OH is 1. The van der Waals surface area contributed by atoms with Crippen LogP contribution >= 0.6 is 11.3 Å². The van der Waals surface area contributed by atoms with E-state index in [9.17, 15) is 9.90 Å². The minimum absolute atomic E-state index is 0.111. The topological polar surface area (TPSA) is 52.6 Å². The Morgan fingerprint density at radius 3 is 3.09 bits per heavy atom. The summed E-state index contributed by atoms with van der Waals surface area (Å²) in [4.78, 5) is 15.3. The van der Waals surface area contributed by atoms with E-state index >= 15 is 0 Å². The van der Waals surface area contributed by atoms with Crippen LogP contribution in [0.5, 0.6) is 0 Å². The van der Waals surface area contributed by atoms with Crippen molar-refractivity contribution in [3.05, 3.63) is 22.4 Å². The van der Waals surface area contributed by atoms with Crippen LogP contribution in [0.4, 0.5) is 0 Å². The van der Waals surface area contributed by atoms with Crippen LogP contribution in [0.3, 0.4) is 0 Å². The van der Waals surface area contributed by atoms with E-state index in [-0.39, 0.29) is 5.91 Å². The van der Waals surface area contributed by atoms with Gasteiger partial charge in [-0.3, -0.25) is 9.69 Å². The number of nitrogens with zero attached hydrogens (tertiary/aromatic N) is 1. The number of amides is 1. The number of rotatable bonds is 7. The number of carbonyl (C=O) groups excluding carboxylic acids is 1. The van der Waals surface area contributed by atoms with Crippen LogP contribution in [0.1, 0.15) is 56.4 Å². The minimum Gasteiger partial charge on any atom is -0.388 e. The van der Waals surface area contributed by atoms with E-state index in [1.807, 2.05) is 17.5 Å². The van der Waals surface area contributed by atoms with Crippen molar-refractivity contribution >= 4 is 17.2 Å². The standard InChI is InChI=1S/C17H28N2O2S/c1-2-9-18-17(21)13-19-10-5-3-4-7-14(19)12-15(20)16-8-6-11-22-16/h6,8,11,14-15,20H,2-5,7,9-10,12-13H2,1H3,(H,18,21)/t14-,15-/m1/s1. The van der Waals surface area contributed by atoms with Gasteiger partial charge in [0.25, 0.3) is 0 Å². The molecule has 5 heteroatoms. The van der Waals surface area contributed by atoms with Crippen LogP contribution in [-0.4, -0.2) is 41.6 Å². The third kappa shape index (κ3) is 5.38. The first-order valence-electron chi connectivity index (χ1n) is 8.43. The summed E-state index contributed by atoms with van der Waals surface area (Å²) in [5.41, 5.74) is 0. The third-order valence-electron chi connectivity index (χ3n) is 4.28. The number of hydrogen-bond acceptors (Lipinski definition) is 4. The predicted molar refractivity (Wildman–Crippen MR) is 91.0 cm³/mol. The molecule has 0 saturated carbocycles. The molecule has 1 aliphatic rings. The van der Waals surface area contributed by atoms with Gasteiger partial charge in [-0.15, -0.1) is 11.3 Å². The molecule has 1 amide bonds. The van der Waals surface area contributed by atoms with Gasteiger partial charge in [-0.2, -0.15) is 0 Å². The Bertz CT molecular complexity index is 436. The Hall–Kier alpha value is -0.910. The Morgan fingerprint density at radius 2 is 2.36 bits per heavy atom. The van der Waals surface area contributed by atoms with E-state index in [0.29, 0.717) is 12.6 Å². The fraction of sp³-hybridized carbons (Fsp3) is 0.706. The molecule has 1 fully saturated rings. The average Bonchev–Trinajstić information content (AvgIpc) is 2.97. The van der Waals surface area contributed by atoms with Crippen LogP contribution in [0.2, 0.25) is 0 Å². The minimum atomic E-state index is -0.413. The average molecular weight is 324 g/mol. The molecule has 0 radical (unpaired) electrons. The molecule has 2 N–H and O–H groups in total. The number of likely N-dealkylation sites (tertiary alicyclic amines) is 1. The molecule has 1 aromatic heterocycles. The highest BCUT2D eigenvalue weighted by atomic mass is 32.1. The fourth-order valence-corrected chi connectivity index (χ4v) is 3.80. The number of nitrogens with one attached hydrogen (secondary N) is 1. The van der Waals surface area contributed by atoms with Crippen molar-refractivity contribution in [1.82, 2.24) is 10.2 Å². The first kappa shape index (κ1) is 17.4. The Balaban J connectivity index is 1.93. The predicted octanol–water partition coefficient (Wildman–Crippen LogP) is 2.94. The Kier molecular flexibility index (Phi) is 7.36. The molecular formula is C17H28N2O2S. The van der Waals surface area contributed by atoms with Crippen molar-refractivity contribution in [2.24, 2.45) is 0 Å². The highest BCUT2D eigenvalue weighted by molar-refractivity contribution is 7.10. The second kappa shape index (κ2) is 9.28. The van der Waals surface area contributed by atoms with E-state index in [0.717, 1.165) is 43.6 Å². The van der Waals surface area contributed by atoms with Crippen molar-refractivity contribution in [2.45, 2.75) is 57.6 Å². The van der Waals surface area contributed by atoms with Crippen LogP contribution in [0.25, 0.3) is 0 Å². The summed E-state index contributed by atoms with van der Waals surface area (Å²) in [6.07, 6.45) is 5.90. The molecule has 1 saturated heterocycles. The van der Waals surface area contributed by atoms with Crippen molar-refractivity contribution in [1.29, 1.82) is 0 Å². The summed E-state index contributed by atoms with van der Waals surface area (Å²) in [6.45, 7) is 4.23. The summed E-state index contributed by atoms with van der Waals surface area (Å²) in [6, 6.07) is 4.27. The van der Waals surface area contributed by atoms with Crippen LogP contribution < -0.4 is 5.32 Å². The second-order valence-electron chi connectivity index (χ2n) is 6.09. The summed E-state index contributed by atoms with van der Waals surface area (Å²) in [7, 11) is 0. The second-order valence-corrected chi connectivity index (χ2v) is 7.07. The van der Waals surface area contributed by atoms with E-state index < -0.39 is 6.10 Å². The molecule has 2 atom stereocenters.